The van der Waals surface area contributed by atoms with Crippen LogP contribution in [0.2, 0.25) is 5.02 Å². The zero-order valence-electron chi connectivity index (χ0n) is 11.5. The van der Waals surface area contributed by atoms with Gasteiger partial charge in [-0.2, -0.15) is 0 Å². The molecule has 2 aromatic rings. The number of benzene rings is 1. The maximum absolute atomic E-state index is 14.4. The number of nitrogens with two attached hydrogens (primary N) is 1. The predicted molar refractivity (Wildman–Crippen MR) is 82.4 cm³/mol. The van der Waals surface area contributed by atoms with Crippen molar-refractivity contribution in [3.05, 3.63) is 33.1 Å². The third-order valence-electron chi connectivity index (χ3n) is 2.75. The van der Waals surface area contributed by atoms with Gasteiger partial charge in [-0.05, 0) is 28.1 Å². The zero-order chi connectivity index (χ0) is 16.4. The van der Waals surface area contributed by atoms with Crippen LogP contribution < -0.4 is 10.5 Å². The summed E-state index contributed by atoms with van der Waals surface area (Å²) in [5.74, 6) is -1.76. The number of carbonyl (C=O) groups is 1. The second-order valence-electron chi connectivity index (χ2n) is 4.03. The van der Waals surface area contributed by atoms with Crippen molar-refractivity contribution in [1.29, 1.82) is 0 Å². The van der Waals surface area contributed by atoms with E-state index in [0.717, 1.165) is 0 Å². The van der Waals surface area contributed by atoms with Crippen molar-refractivity contribution in [2.45, 2.75) is 0 Å². The first kappa shape index (κ1) is 16.4. The molecule has 0 saturated carbocycles. The molecule has 116 valence electrons. The van der Waals surface area contributed by atoms with Gasteiger partial charge in [-0.1, -0.05) is 11.6 Å². The molecule has 0 bridgehead atoms. The number of hydrogen-bond donors (Lipinski definition) is 1. The van der Waals surface area contributed by atoms with Crippen LogP contribution in [0.25, 0.3) is 11.4 Å². The van der Waals surface area contributed by atoms with E-state index in [2.05, 4.69) is 30.6 Å². The smallest absolute Gasteiger partial charge is 0.358 e. The monoisotopic (exact) mass is 389 g/mol. The number of nitrogen functional groups attached to an aromatic ring is 1. The number of rotatable bonds is 3. The van der Waals surface area contributed by atoms with Crippen LogP contribution in [0.5, 0.6) is 5.75 Å². The molecule has 0 radical (unpaired) electrons. The molecule has 0 fully saturated rings. The highest BCUT2D eigenvalue weighted by molar-refractivity contribution is 9.10. The molecular formula is C13H10BrClFN3O3. The molecule has 0 amide bonds. The van der Waals surface area contributed by atoms with Gasteiger partial charge in [0.05, 0.1) is 29.3 Å². The van der Waals surface area contributed by atoms with E-state index < -0.39 is 11.8 Å². The van der Waals surface area contributed by atoms with Gasteiger partial charge >= 0.3 is 5.97 Å². The first-order chi connectivity index (χ1) is 10.4. The Kier molecular flexibility index (Phi) is 4.82. The second-order valence-corrected chi connectivity index (χ2v) is 5.23. The van der Waals surface area contributed by atoms with Crippen LogP contribution in [0.15, 0.2) is 16.6 Å². The fraction of sp³-hybridized carbons (Fsp3) is 0.154. The number of carbonyl (C=O) groups excluding carboxylic acids is 1. The van der Waals surface area contributed by atoms with Gasteiger partial charge in [-0.15, -0.1) is 0 Å². The van der Waals surface area contributed by atoms with Crippen LogP contribution in [0, 0.1) is 5.82 Å². The molecule has 1 heterocycles. The lowest BCUT2D eigenvalue weighted by molar-refractivity contribution is 0.0593. The molecule has 0 saturated heterocycles. The molecule has 2 N–H and O–H groups in total. The molecule has 1 aromatic carbocycles. The standard InChI is InChI=1S/C13H10BrClFN3O3/c1-21-10-6(15)4-3-5(8(10)16)12-18-9(13(20)22-2)7(14)11(17)19-12/h3-4H,1-2H3,(H2,17,18,19). The number of nitrogens with zero attached hydrogens (tertiary/aromatic N) is 2. The molecule has 0 aliphatic rings. The van der Waals surface area contributed by atoms with Crippen molar-refractivity contribution in [3.8, 4) is 17.1 Å². The van der Waals surface area contributed by atoms with E-state index in [0.29, 0.717) is 0 Å². The topological polar surface area (TPSA) is 87.3 Å². The average Bonchev–Trinajstić information content (AvgIpc) is 2.50. The summed E-state index contributed by atoms with van der Waals surface area (Å²) in [6, 6.07) is 2.79. The number of hydrogen-bond acceptors (Lipinski definition) is 6. The van der Waals surface area contributed by atoms with Crippen LogP contribution >= 0.6 is 27.5 Å². The van der Waals surface area contributed by atoms with Crippen LogP contribution in [0.1, 0.15) is 10.5 Å². The quantitative estimate of drug-likeness (QED) is 0.811. The molecule has 22 heavy (non-hydrogen) atoms. The van der Waals surface area contributed by atoms with E-state index >= 15 is 0 Å². The first-order valence-corrected chi connectivity index (χ1v) is 7.01. The molecule has 6 nitrogen and oxygen atoms in total. The molecule has 9 heteroatoms. The minimum absolute atomic E-state index is 0.00870. The highest BCUT2D eigenvalue weighted by atomic mass is 79.9. The summed E-state index contributed by atoms with van der Waals surface area (Å²) in [6.07, 6.45) is 0. The van der Waals surface area contributed by atoms with E-state index in [1.54, 1.807) is 0 Å². The zero-order valence-corrected chi connectivity index (χ0v) is 13.8. The van der Waals surface area contributed by atoms with Gasteiger partial charge in [0, 0.05) is 0 Å². The molecule has 0 aliphatic heterocycles. The van der Waals surface area contributed by atoms with Crippen LogP contribution in [0.4, 0.5) is 10.2 Å². The summed E-state index contributed by atoms with van der Waals surface area (Å²) in [7, 11) is 2.48. The minimum atomic E-state index is -0.757. The normalized spacial score (nSPS) is 10.4. The molecular weight excluding hydrogens is 381 g/mol. The van der Waals surface area contributed by atoms with Crippen molar-refractivity contribution in [3.63, 3.8) is 0 Å². The van der Waals surface area contributed by atoms with Gasteiger partial charge in [0.1, 0.15) is 5.82 Å². The Morgan fingerprint density at radius 2 is 2.05 bits per heavy atom. The molecule has 0 atom stereocenters. The van der Waals surface area contributed by atoms with Gasteiger partial charge in [0.15, 0.2) is 23.1 Å². The van der Waals surface area contributed by atoms with E-state index in [9.17, 15) is 9.18 Å². The Morgan fingerprint density at radius 1 is 1.36 bits per heavy atom. The summed E-state index contributed by atoms with van der Waals surface area (Å²) in [6.45, 7) is 0. The lowest BCUT2D eigenvalue weighted by Gasteiger charge is -2.11. The third kappa shape index (κ3) is 2.84. The first-order valence-electron chi connectivity index (χ1n) is 5.84. The van der Waals surface area contributed by atoms with Crippen LogP contribution in [-0.2, 0) is 4.74 Å². The summed E-state index contributed by atoms with van der Waals surface area (Å²) in [5.41, 5.74) is 5.59. The summed E-state index contributed by atoms with van der Waals surface area (Å²) < 4.78 is 24.1. The minimum Gasteiger partial charge on any atom is -0.492 e. The Labute approximate surface area is 138 Å². The largest absolute Gasteiger partial charge is 0.492 e. The van der Waals surface area contributed by atoms with Crippen molar-refractivity contribution in [2.24, 2.45) is 0 Å². The SMILES string of the molecule is COC(=O)c1nc(-c2ccc(Cl)c(OC)c2F)nc(N)c1Br. The highest BCUT2D eigenvalue weighted by Crippen LogP contribution is 2.35. The van der Waals surface area contributed by atoms with Crippen molar-refractivity contribution in [2.75, 3.05) is 20.0 Å². The maximum atomic E-state index is 14.4. The van der Waals surface area contributed by atoms with Gasteiger partial charge in [-0.25, -0.2) is 19.2 Å². The van der Waals surface area contributed by atoms with Crippen LogP contribution in [0.3, 0.4) is 0 Å². The Hall–Kier alpha value is -1.93. The highest BCUT2D eigenvalue weighted by Gasteiger charge is 2.22. The van der Waals surface area contributed by atoms with E-state index in [1.807, 2.05) is 0 Å². The maximum Gasteiger partial charge on any atom is 0.358 e. The van der Waals surface area contributed by atoms with Crippen molar-refractivity contribution >= 4 is 39.3 Å². The average molecular weight is 391 g/mol. The van der Waals surface area contributed by atoms with Crippen molar-refractivity contribution in [1.82, 2.24) is 9.97 Å². The van der Waals surface area contributed by atoms with Gasteiger partial charge in [0.2, 0.25) is 0 Å². The fourth-order valence-electron chi connectivity index (χ4n) is 1.71. The molecule has 0 unspecified atom stereocenters. The van der Waals surface area contributed by atoms with E-state index in [4.69, 9.17) is 22.1 Å². The summed E-state index contributed by atoms with van der Waals surface area (Å²) >= 11 is 8.93. The number of methoxy groups -OCH3 is 2. The molecule has 1 aromatic heterocycles. The summed E-state index contributed by atoms with van der Waals surface area (Å²) in [5, 5.41) is 0.0991. The molecule has 0 spiro atoms. The Morgan fingerprint density at radius 3 is 2.64 bits per heavy atom. The second kappa shape index (κ2) is 6.45. The summed E-state index contributed by atoms with van der Waals surface area (Å²) in [4.78, 5) is 19.6. The Balaban J connectivity index is 2.69. The van der Waals surface area contributed by atoms with Crippen LogP contribution in [-0.4, -0.2) is 30.2 Å². The van der Waals surface area contributed by atoms with E-state index in [1.165, 1.54) is 26.4 Å². The number of esters is 1. The number of ether oxygens (including phenoxy) is 2. The Bertz CT molecular complexity index is 758. The fourth-order valence-corrected chi connectivity index (χ4v) is 2.27. The number of halogens is 3. The number of aromatic nitrogens is 2. The van der Waals surface area contributed by atoms with Gasteiger partial charge in [0.25, 0.3) is 0 Å². The lowest BCUT2D eigenvalue weighted by atomic mass is 10.1. The predicted octanol–water partition coefficient (Wildman–Crippen LogP) is 3.08. The molecule has 2 rings (SSSR count). The molecule has 0 aliphatic carbocycles. The third-order valence-corrected chi connectivity index (χ3v) is 3.83. The number of anilines is 1. The van der Waals surface area contributed by atoms with E-state index in [-0.39, 0.29) is 38.1 Å². The van der Waals surface area contributed by atoms with Crippen molar-refractivity contribution < 1.29 is 18.7 Å². The van der Waals surface area contributed by atoms with Gasteiger partial charge < -0.3 is 15.2 Å². The lowest BCUT2D eigenvalue weighted by Crippen LogP contribution is -2.10. The van der Waals surface area contributed by atoms with Gasteiger partial charge in [-0.3, -0.25) is 0 Å².